The fraction of sp³-hybridized carbons (Fsp3) is 0. The van der Waals surface area contributed by atoms with Crippen LogP contribution < -0.4 is 11.3 Å². The van der Waals surface area contributed by atoms with E-state index in [9.17, 15) is 19.7 Å². The van der Waals surface area contributed by atoms with Gasteiger partial charge in [-0.1, -0.05) is 0 Å². The minimum absolute atomic E-state index is 0.0769. The zero-order chi connectivity index (χ0) is 21.1. The van der Waals surface area contributed by atoms with E-state index in [-0.39, 0.29) is 27.7 Å². The maximum absolute atomic E-state index is 12.6. The second-order valence-corrected chi connectivity index (χ2v) is 6.09. The van der Waals surface area contributed by atoms with Crippen LogP contribution in [0.25, 0.3) is 11.3 Å². The molecule has 146 valence electrons. The number of non-ortho nitro benzene ring substituents is 1. The highest BCUT2D eigenvalue weighted by molar-refractivity contribution is 7.80. The van der Waals surface area contributed by atoms with Gasteiger partial charge in [-0.05, 0) is 48.6 Å². The van der Waals surface area contributed by atoms with Gasteiger partial charge < -0.3 is 10.8 Å². The third kappa shape index (κ3) is 4.06. The van der Waals surface area contributed by atoms with Gasteiger partial charge in [0.15, 0.2) is 10.8 Å². The summed E-state index contributed by atoms with van der Waals surface area (Å²) in [5.74, 6) is -1.08. The number of nitrogens with zero attached hydrogens (tertiary/aromatic N) is 4. The van der Waals surface area contributed by atoms with E-state index in [0.29, 0.717) is 11.3 Å². The van der Waals surface area contributed by atoms with Crippen molar-refractivity contribution in [3.63, 3.8) is 0 Å². The summed E-state index contributed by atoms with van der Waals surface area (Å²) in [6, 6.07) is 11.0. The molecule has 0 atom stereocenters. The molecule has 0 amide bonds. The lowest BCUT2D eigenvalue weighted by Crippen LogP contribution is -2.29. The Balaban J connectivity index is 2.05. The number of carbonyl (C=O) groups is 1. The van der Waals surface area contributed by atoms with Gasteiger partial charge in [0, 0.05) is 17.7 Å². The predicted octanol–water partition coefficient (Wildman–Crippen LogP) is 2.96. The average molecular weight is 412 g/mol. The standard InChI is InChI=1S/C17H12N6O5S/c18-17(29)22-15(24)14(20-19-11-5-1-10(2-6-11)16(25)26)13(21-22)9-3-7-12(8-4-9)23(27)28/h1-8,21H,(H2,18,29)(H,25,26). The highest BCUT2D eigenvalue weighted by Crippen LogP contribution is 2.28. The van der Waals surface area contributed by atoms with E-state index in [0.717, 1.165) is 4.68 Å². The molecule has 0 aliphatic rings. The van der Waals surface area contributed by atoms with Gasteiger partial charge in [0.05, 0.1) is 21.9 Å². The number of carboxylic acid groups (broad SMARTS) is 1. The molecule has 0 aliphatic heterocycles. The van der Waals surface area contributed by atoms with Crippen LogP contribution in [0.5, 0.6) is 0 Å². The van der Waals surface area contributed by atoms with Gasteiger partial charge >= 0.3 is 11.5 Å². The van der Waals surface area contributed by atoms with E-state index in [2.05, 4.69) is 15.3 Å². The summed E-state index contributed by atoms with van der Waals surface area (Å²) in [7, 11) is 0. The largest absolute Gasteiger partial charge is 0.478 e. The second-order valence-electron chi connectivity index (χ2n) is 5.67. The molecule has 0 fully saturated rings. The summed E-state index contributed by atoms with van der Waals surface area (Å²) in [5.41, 5.74) is 5.67. The molecule has 0 radical (unpaired) electrons. The molecule has 29 heavy (non-hydrogen) atoms. The summed E-state index contributed by atoms with van der Waals surface area (Å²) in [6.45, 7) is 0. The summed E-state index contributed by atoms with van der Waals surface area (Å²) in [6.07, 6.45) is 0. The molecule has 0 bridgehead atoms. The molecule has 4 N–H and O–H groups in total. The zero-order valence-electron chi connectivity index (χ0n) is 14.5. The first-order valence-electron chi connectivity index (χ1n) is 7.92. The Hall–Kier alpha value is -4.19. The van der Waals surface area contributed by atoms with E-state index in [1.807, 2.05) is 0 Å². The summed E-state index contributed by atoms with van der Waals surface area (Å²) in [5, 5.41) is 30.1. The first-order chi connectivity index (χ1) is 13.8. The smallest absolute Gasteiger partial charge is 0.335 e. The monoisotopic (exact) mass is 412 g/mol. The number of nitro groups is 1. The Bertz CT molecular complexity index is 1190. The fourth-order valence-electron chi connectivity index (χ4n) is 2.41. The Morgan fingerprint density at radius 3 is 2.28 bits per heavy atom. The molecule has 0 unspecified atom stereocenters. The summed E-state index contributed by atoms with van der Waals surface area (Å²) in [4.78, 5) is 33.8. The van der Waals surface area contributed by atoms with Gasteiger partial charge in [-0.2, -0.15) is 9.80 Å². The SMILES string of the molecule is NC(=S)n1[nH]c(-c2ccc([N+](=O)[O-])cc2)c(N=Nc2ccc(C(=O)O)cc2)c1=O. The lowest BCUT2D eigenvalue weighted by atomic mass is 10.1. The van der Waals surface area contributed by atoms with Crippen LogP contribution in [0.15, 0.2) is 63.6 Å². The van der Waals surface area contributed by atoms with E-state index in [1.165, 1.54) is 48.5 Å². The van der Waals surface area contributed by atoms with Crippen molar-refractivity contribution < 1.29 is 14.8 Å². The van der Waals surface area contributed by atoms with Crippen LogP contribution in [0, 0.1) is 10.1 Å². The van der Waals surface area contributed by atoms with Crippen molar-refractivity contribution in [2.24, 2.45) is 16.0 Å². The number of nitro benzene ring substituents is 1. The van der Waals surface area contributed by atoms with Gasteiger partial charge in [0.25, 0.3) is 5.69 Å². The maximum atomic E-state index is 12.6. The molecule has 0 aliphatic carbocycles. The fourth-order valence-corrected chi connectivity index (χ4v) is 2.53. The number of carboxylic acids is 1. The Morgan fingerprint density at radius 1 is 1.14 bits per heavy atom. The Morgan fingerprint density at radius 2 is 1.76 bits per heavy atom. The van der Waals surface area contributed by atoms with Crippen LogP contribution >= 0.6 is 12.2 Å². The predicted molar refractivity (Wildman–Crippen MR) is 107 cm³/mol. The topological polar surface area (TPSA) is 169 Å². The molecule has 1 aromatic heterocycles. The molecule has 0 saturated carbocycles. The highest BCUT2D eigenvalue weighted by Gasteiger charge is 2.18. The lowest BCUT2D eigenvalue weighted by molar-refractivity contribution is -0.384. The van der Waals surface area contributed by atoms with Gasteiger partial charge in [0.1, 0.15) is 0 Å². The molecule has 1 heterocycles. The van der Waals surface area contributed by atoms with Crippen molar-refractivity contribution in [3.8, 4) is 11.3 Å². The number of thiocarbonyl (C=S) groups is 1. The van der Waals surface area contributed by atoms with Crippen molar-refractivity contribution in [1.82, 2.24) is 9.78 Å². The third-order valence-corrected chi connectivity index (χ3v) is 4.02. The van der Waals surface area contributed by atoms with Gasteiger partial charge in [0.2, 0.25) is 0 Å². The summed E-state index contributed by atoms with van der Waals surface area (Å²) < 4.78 is 0.897. The number of rotatable bonds is 5. The number of azo groups is 1. The van der Waals surface area contributed by atoms with Crippen LogP contribution in [0.1, 0.15) is 10.4 Å². The van der Waals surface area contributed by atoms with Gasteiger partial charge in [-0.3, -0.25) is 20.0 Å². The molecule has 0 saturated heterocycles. The van der Waals surface area contributed by atoms with Crippen LogP contribution in [0.3, 0.4) is 0 Å². The van der Waals surface area contributed by atoms with Crippen molar-refractivity contribution in [1.29, 1.82) is 0 Å². The van der Waals surface area contributed by atoms with Crippen molar-refractivity contribution in [2.45, 2.75) is 0 Å². The van der Waals surface area contributed by atoms with Gasteiger partial charge in [-0.25, -0.2) is 4.79 Å². The van der Waals surface area contributed by atoms with Crippen LogP contribution in [0.2, 0.25) is 0 Å². The number of hydrogen-bond donors (Lipinski definition) is 3. The normalized spacial score (nSPS) is 10.9. The van der Waals surface area contributed by atoms with E-state index in [4.69, 9.17) is 23.1 Å². The Labute approximate surface area is 167 Å². The number of aromatic carboxylic acids is 1. The minimum atomic E-state index is -1.08. The third-order valence-electron chi connectivity index (χ3n) is 3.83. The number of hydrogen-bond acceptors (Lipinski definition) is 7. The van der Waals surface area contributed by atoms with Crippen molar-refractivity contribution in [2.75, 3.05) is 0 Å². The van der Waals surface area contributed by atoms with Gasteiger partial charge in [-0.15, -0.1) is 5.11 Å². The molecule has 3 aromatic rings. The molecule has 2 aromatic carbocycles. The number of nitrogens with two attached hydrogens (primary N) is 1. The number of aromatic amines is 1. The van der Waals surface area contributed by atoms with Crippen LogP contribution in [-0.4, -0.2) is 30.9 Å². The first kappa shape index (κ1) is 19.6. The van der Waals surface area contributed by atoms with Crippen molar-refractivity contribution in [3.05, 3.63) is 74.6 Å². The van der Waals surface area contributed by atoms with Crippen LogP contribution in [0.4, 0.5) is 17.1 Å². The summed E-state index contributed by atoms with van der Waals surface area (Å²) >= 11 is 4.84. The number of H-pyrrole nitrogens is 1. The number of nitrogens with one attached hydrogen (secondary N) is 1. The van der Waals surface area contributed by atoms with E-state index in [1.54, 1.807) is 0 Å². The highest BCUT2D eigenvalue weighted by atomic mass is 32.1. The van der Waals surface area contributed by atoms with Crippen LogP contribution in [-0.2, 0) is 0 Å². The molecule has 3 rings (SSSR count). The molecular weight excluding hydrogens is 400 g/mol. The molecule has 11 nitrogen and oxygen atoms in total. The quantitative estimate of drug-likeness (QED) is 0.250. The lowest BCUT2D eigenvalue weighted by Gasteiger charge is -2.00. The van der Waals surface area contributed by atoms with Crippen molar-refractivity contribution >= 4 is 40.4 Å². The number of aromatic nitrogens is 2. The molecular formula is C17H12N6O5S. The molecule has 0 spiro atoms. The average Bonchev–Trinajstić information content (AvgIpc) is 3.03. The number of benzene rings is 2. The van der Waals surface area contributed by atoms with E-state index < -0.39 is 16.5 Å². The molecule has 12 heteroatoms. The maximum Gasteiger partial charge on any atom is 0.335 e. The first-order valence-corrected chi connectivity index (χ1v) is 8.33. The minimum Gasteiger partial charge on any atom is -0.478 e. The Kier molecular flexibility index (Phi) is 5.27. The second kappa shape index (κ2) is 7.82. The zero-order valence-corrected chi connectivity index (χ0v) is 15.3. The van der Waals surface area contributed by atoms with E-state index >= 15 is 0 Å².